The van der Waals surface area contributed by atoms with E-state index in [1.165, 1.54) is 5.56 Å². The standard InChI is InChI=1S/C29H38ClN5O/c1-22(19-34(16-6-13-31)29(36)24-11-14-32-15-12-24)17-28-33-27(25-9-5-10-26(30)18-25)21-35(28)20-23-7-3-2-4-8-23/h2-5,7-10,18,21-22,24,32H,6,11-17,19-20,31H2,1H3. The van der Waals surface area contributed by atoms with Gasteiger partial charge in [-0.3, -0.25) is 4.79 Å². The molecule has 1 aliphatic heterocycles. The Morgan fingerprint density at radius 3 is 2.69 bits per heavy atom. The molecule has 0 radical (unpaired) electrons. The molecular formula is C29H38ClN5O. The van der Waals surface area contributed by atoms with Crippen molar-refractivity contribution in [1.29, 1.82) is 0 Å². The minimum absolute atomic E-state index is 0.116. The highest BCUT2D eigenvalue weighted by atomic mass is 35.5. The number of halogens is 1. The molecule has 0 aliphatic carbocycles. The fourth-order valence-electron chi connectivity index (χ4n) is 4.97. The van der Waals surface area contributed by atoms with Crippen LogP contribution in [0.25, 0.3) is 11.3 Å². The van der Waals surface area contributed by atoms with Gasteiger partial charge in [-0.2, -0.15) is 0 Å². The third-order valence-corrected chi connectivity index (χ3v) is 7.11. The fourth-order valence-corrected chi connectivity index (χ4v) is 5.16. The first-order chi connectivity index (χ1) is 17.5. The third kappa shape index (κ3) is 7.19. The number of nitrogens with zero attached hydrogens (tertiary/aromatic N) is 3. The van der Waals surface area contributed by atoms with E-state index < -0.39 is 0 Å². The van der Waals surface area contributed by atoms with Crippen LogP contribution in [-0.2, 0) is 17.8 Å². The molecule has 2 heterocycles. The SMILES string of the molecule is CC(Cc1nc(-c2cccc(Cl)c2)cn1Cc1ccccc1)CN(CCCN)C(=O)C1CCNCC1. The highest BCUT2D eigenvalue weighted by Gasteiger charge is 2.27. The number of carbonyl (C=O) groups excluding carboxylic acids is 1. The number of nitrogens with two attached hydrogens (primary N) is 1. The average Bonchev–Trinajstić information content (AvgIpc) is 3.29. The van der Waals surface area contributed by atoms with Crippen LogP contribution in [-0.4, -0.2) is 53.1 Å². The maximum atomic E-state index is 13.3. The average molecular weight is 508 g/mol. The summed E-state index contributed by atoms with van der Waals surface area (Å²) in [5, 5.41) is 4.06. The van der Waals surface area contributed by atoms with Crippen LogP contribution in [0.2, 0.25) is 5.02 Å². The van der Waals surface area contributed by atoms with Gasteiger partial charge in [0.25, 0.3) is 0 Å². The molecule has 192 valence electrons. The second-order valence-corrected chi connectivity index (χ2v) is 10.4. The Balaban J connectivity index is 1.53. The molecule has 4 rings (SSSR count). The van der Waals surface area contributed by atoms with Crippen LogP contribution in [0.5, 0.6) is 0 Å². The molecule has 2 aromatic carbocycles. The quantitative estimate of drug-likeness (QED) is 0.397. The summed E-state index contributed by atoms with van der Waals surface area (Å²) in [5.74, 6) is 1.68. The topological polar surface area (TPSA) is 76.2 Å². The van der Waals surface area contributed by atoms with E-state index in [1.807, 2.05) is 30.3 Å². The van der Waals surface area contributed by atoms with Gasteiger partial charge in [0, 0.05) is 48.8 Å². The summed E-state index contributed by atoms with van der Waals surface area (Å²) in [6.07, 6.45) is 5.55. The van der Waals surface area contributed by atoms with Crippen LogP contribution in [0, 0.1) is 11.8 Å². The highest BCUT2D eigenvalue weighted by molar-refractivity contribution is 6.30. The van der Waals surface area contributed by atoms with Crippen LogP contribution in [0.4, 0.5) is 0 Å². The zero-order valence-corrected chi connectivity index (χ0v) is 22.0. The second kappa shape index (κ2) is 13.0. The summed E-state index contributed by atoms with van der Waals surface area (Å²) < 4.78 is 2.24. The van der Waals surface area contributed by atoms with Gasteiger partial charge in [-0.05, 0) is 62.5 Å². The summed E-state index contributed by atoms with van der Waals surface area (Å²) in [5.41, 5.74) is 8.96. The molecule has 1 aromatic heterocycles. The van der Waals surface area contributed by atoms with Gasteiger partial charge in [-0.15, -0.1) is 0 Å². The van der Waals surface area contributed by atoms with Gasteiger partial charge in [0.2, 0.25) is 5.91 Å². The highest BCUT2D eigenvalue weighted by Crippen LogP contribution is 2.24. The number of carbonyl (C=O) groups is 1. The number of imidazole rings is 1. The van der Waals surface area contributed by atoms with Gasteiger partial charge in [-0.25, -0.2) is 4.98 Å². The van der Waals surface area contributed by atoms with Gasteiger partial charge < -0.3 is 20.5 Å². The van der Waals surface area contributed by atoms with Crippen molar-refractivity contribution in [2.24, 2.45) is 17.6 Å². The summed E-state index contributed by atoms with van der Waals surface area (Å²) >= 11 is 6.26. The number of benzene rings is 2. The lowest BCUT2D eigenvalue weighted by molar-refractivity contribution is -0.137. The molecule has 3 N–H and O–H groups in total. The van der Waals surface area contributed by atoms with Crippen LogP contribution < -0.4 is 11.1 Å². The van der Waals surface area contributed by atoms with E-state index in [4.69, 9.17) is 22.3 Å². The van der Waals surface area contributed by atoms with E-state index in [0.29, 0.717) is 18.1 Å². The Bertz CT molecular complexity index is 1110. The largest absolute Gasteiger partial charge is 0.342 e. The van der Waals surface area contributed by atoms with Gasteiger partial charge >= 0.3 is 0 Å². The van der Waals surface area contributed by atoms with Crippen LogP contribution in [0.1, 0.15) is 37.6 Å². The molecule has 6 nitrogen and oxygen atoms in total. The summed E-state index contributed by atoms with van der Waals surface area (Å²) in [4.78, 5) is 20.4. The Kier molecular flexibility index (Phi) is 9.56. The molecule has 1 saturated heterocycles. The molecule has 7 heteroatoms. The zero-order chi connectivity index (χ0) is 25.3. The smallest absolute Gasteiger partial charge is 0.225 e. The van der Waals surface area contributed by atoms with Crippen LogP contribution in [0.15, 0.2) is 60.8 Å². The Morgan fingerprint density at radius 2 is 1.97 bits per heavy atom. The lowest BCUT2D eigenvalue weighted by atomic mass is 9.95. The van der Waals surface area contributed by atoms with E-state index in [2.05, 4.69) is 52.2 Å². The number of nitrogens with one attached hydrogen (secondary N) is 1. The molecular weight excluding hydrogens is 470 g/mol. The molecule has 36 heavy (non-hydrogen) atoms. The molecule has 1 unspecified atom stereocenters. The normalized spacial score (nSPS) is 15.1. The Hall–Kier alpha value is -2.67. The van der Waals surface area contributed by atoms with E-state index in [-0.39, 0.29) is 17.7 Å². The van der Waals surface area contributed by atoms with Crippen molar-refractivity contribution >= 4 is 17.5 Å². The van der Waals surface area contributed by atoms with Crippen molar-refractivity contribution in [3.63, 3.8) is 0 Å². The summed E-state index contributed by atoms with van der Waals surface area (Å²) in [6.45, 7) is 6.82. The van der Waals surface area contributed by atoms with Crippen molar-refractivity contribution in [3.05, 3.63) is 77.2 Å². The monoisotopic (exact) mass is 507 g/mol. The lowest BCUT2D eigenvalue weighted by Gasteiger charge is -2.31. The van der Waals surface area contributed by atoms with E-state index in [1.54, 1.807) is 0 Å². The maximum Gasteiger partial charge on any atom is 0.225 e. The molecule has 0 spiro atoms. The first kappa shape index (κ1) is 26.4. The predicted molar refractivity (Wildman–Crippen MR) is 147 cm³/mol. The molecule has 0 bridgehead atoms. The maximum absolute atomic E-state index is 13.3. The first-order valence-corrected chi connectivity index (χ1v) is 13.5. The number of hydrogen-bond acceptors (Lipinski definition) is 4. The van der Waals surface area contributed by atoms with E-state index >= 15 is 0 Å². The van der Waals surface area contributed by atoms with Gasteiger partial charge in [0.05, 0.1) is 5.69 Å². The molecule has 1 aliphatic rings. The van der Waals surface area contributed by atoms with E-state index in [0.717, 1.165) is 68.9 Å². The summed E-state index contributed by atoms with van der Waals surface area (Å²) in [7, 11) is 0. The van der Waals surface area contributed by atoms with Crippen LogP contribution in [0.3, 0.4) is 0 Å². The molecule has 0 saturated carbocycles. The minimum Gasteiger partial charge on any atom is -0.342 e. The molecule has 1 atom stereocenters. The van der Waals surface area contributed by atoms with Crippen molar-refractivity contribution in [1.82, 2.24) is 19.8 Å². The Morgan fingerprint density at radius 1 is 1.19 bits per heavy atom. The van der Waals surface area contributed by atoms with Gasteiger partial charge in [0.1, 0.15) is 5.82 Å². The van der Waals surface area contributed by atoms with Crippen LogP contribution >= 0.6 is 11.6 Å². The zero-order valence-electron chi connectivity index (χ0n) is 21.2. The minimum atomic E-state index is 0.116. The van der Waals surface area contributed by atoms with E-state index in [9.17, 15) is 4.79 Å². The van der Waals surface area contributed by atoms with Crippen molar-refractivity contribution in [2.75, 3.05) is 32.7 Å². The fraction of sp³-hybridized carbons (Fsp3) is 0.448. The lowest BCUT2D eigenvalue weighted by Crippen LogP contribution is -2.43. The van der Waals surface area contributed by atoms with Gasteiger partial charge in [0.15, 0.2) is 0 Å². The Labute approximate surface area is 219 Å². The number of amides is 1. The van der Waals surface area contributed by atoms with Crippen molar-refractivity contribution < 1.29 is 4.79 Å². The van der Waals surface area contributed by atoms with Gasteiger partial charge in [-0.1, -0.05) is 61.0 Å². The third-order valence-electron chi connectivity index (χ3n) is 6.87. The number of hydrogen-bond donors (Lipinski definition) is 2. The molecule has 1 amide bonds. The predicted octanol–water partition coefficient (Wildman–Crippen LogP) is 4.61. The number of piperidine rings is 1. The van der Waals surface area contributed by atoms with Crippen molar-refractivity contribution in [3.8, 4) is 11.3 Å². The number of rotatable bonds is 11. The number of aromatic nitrogens is 2. The first-order valence-electron chi connectivity index (χ1n) is 13.1. The molecule has 1 fully saturated rings. The summed E-state index contributed by atoms with van der Waals surface area (Å²) in [6, 6.07) is 18.3. The van der Waals surface area contributed by atoms with Crippen molar-refractivity contribution in [2.45, 2.75) is 39.2 Å². The second-order valence-electron chi connectivity index (χ2n) is 9.93. The molecule has 3 aromatic rings.